The molecule has 0 spiro atoms. The molecular formula is C21H28N2O3. The SMILES string of the molecule is COCc1cccc(CNC(=O)CN(Cc2ccco2)C2CCCC2)c1. The molecule has 0 aliphatic heterocycles. The second-order valence-electron chi connectivity index (χ2n) is 6.95. The second kappa shape index (κ2) is 9.55. The maximum atomic E-state index is 12.5. The molecule has 1 amide bonds. The summed E-state index contributed by atoms with van der Waals surface area (Å²) in [6, 6.07) is 12.5. The van der Waals surface area contributed by atoms with E-state index in [1.54, 1.807) is 13.4 Å². The number of furan rings is 1. The van der Waals surface area contributed by atoms with Crippen molar-refractivity contribution in [2.24, 2.45) is 0 Å². The molecule has 0 unspecified atom stereocenters. The zero-order chi connectivity index (χ0) is 18.2. The summed E-state index contributed by atoms with van der Waals surface area (Å²) < 4.78 is 10.7. The van der Waals surface area contributed by atoms with Gasteiger partial charge < -0.3 is 14.5 Å². The van der Waals surface area contributed by atoms with Crippen LogP contribution in [0.2, 0.25) is 0 Å². The molecule has 1 aliphatic carbocycles. The molecule has 5 heteroatoms. The molecule has 3 rings (SSSR count). The lowest BCUT2D eigenvalue weighted by molar-refractivity contribution is -0.123. The molecule has 0 atom stereocenters. The number of rotatable bonds is 9. The number of carbonyl (C=O) groups is 1. The molecule has 0 radical (unpaired) electrons. The lowest BCUT2D eigenvalue weighted by Gasteiger charge is -2.27. The van der Waals surface area contributed by atoms with Crippen molar-refractivity contribution in [3.05, 3.63) is 59.5 Å². The third-order valence-electron chi connectivity index (χ3n) is 4.92. The quantitative estimate of drug-likeness (QED) is 0.747. The molecule has 1 saturated carbocycles. The highest BCUT2D eigenvalue weighted by molar-refractivity contribution is 5.78. The standard InChI is InChI=1S/C21H28N2O3/c1-25-16-18-7-4-6-17(12-18)13-22-21(24)15-23(19-8-2-3-9-19)14-20-10-5-11-26-20/h4-7,10-12,19H,2-3,8-9,13-16H2,1H3,(H,22,24). The molecule has 1 aliphatic rings. The number of methoxy groups -OCH3 is 1. The Hall–Kier alpha value is -2.11. The lowest BCUT2D eigenvalue weighted by Crippen LogP contribution is -2.41. The Morgan fingerprint density at radius 1 is 1.23 bits per heavy atom. The summed E-state index contributed by atoms with van der Waals surface area (Å²) >= 11 is 0. The molecule has 1 fully saturated rings. The Kier molecular flexibility index (Phi) is 6.86. The fourth-order valence-electron chi connectivity index (χ4n) is 3.62. The Morgan fingerprint density at radius 2 is 2.04 bits per heavy atom. The third-order valence-corrected chi connectivity index (χ3v) is 4.92. The zero-order valence-electron chi connectivity index (χ0n) is 15.4. The average molecular weight is 356 g/mol. The summed E-state index contributed by atoms with van der Waals surface area (Å²) in [5, 5.41) is 3.05. The highest BCUT2D eigenvalue weighted by atomic mass is 16.5. The van der Waals surface area contributed by atoms with Crippen LogP contribution in [0.3, 0.4) is 0 Å². The fourth-order valence-corrected chi connectivity index (χ4v) is 3.62. The summed E-state index contributed by atoms with van der Waals surface area (Å²) in [4.78, 5) is 14.8. The Morgan fingerprint density at radius 3 is 2.77 bits per heavy atom. The van der Waals surface area contributed by atoms with E-state index >= 15 is 0 Å². The Bertz CT molecular complexity index is 678. The van der Waals surface area contributed by atoms with Crippen molar-refractivity contribution in [3.8, 4) is 0 Å². The van der Waals surface area contributed by atoms with E-state index in [-0.39, 0.29) is 5.91 Å². The van der Waals surface area contributed by atoms with Gasteiger partial charge in [0.2, 0.25) is 5.91 Å². The number of hydrogen-bond acceptors (Lipinski definition) is 4. The molecule has 2 aromatic rings. The fraction of sp³-hybridized carbons (Fsp3) is 0.476. The molecule has 1 heterocycles. The summed E-state index contributed by atoms with van der Waals surface area (Å²) in [5.74, 6) is 0.970. The minimum Gasteiger partial charge on any atom is -0.468 e. The first-order valence-corrected chi connectivity index (χ1v) is 9.34. The van der Waals surface area contributed by atoms with E-state index in [0.29, 0.717) is 32.3 Å². The van der Waals surface area contributed by atoms with Crippen molar-refractivity contribution in [2.45, 2.75) is 51.4 Å². The van der Waals surface area contributed by atoms with E-state index in [9.17, 15) is 4.79 Å². The number of nitrogens with one attached hydrogen (secondary N) is 1. The van der Waals surface area contributed by atoms with Crippen molar-refractivity contribution in [3.63, 3.8) is 0 Å². The van der Waals surface area contributed by atoms with Crippen LogP contribution in [0.1, 0.15) is 42.6 Å². The van der Waals surface area contributed by atoms with Crippen molar-refractivity contribution in [2.75, 3.05) is 13.7 Å². The summed E-state index contributed by atoms with van der Waals surface area (Å²) in [7, 11) is 1.69. The molecule has 140 valence electrons. The van der Waals surface area contributed by atoms with Gasteiger partial charge in [0.1, 0.15) is 5.76 Å². The predicted octanol–water partition coefficient (Wildman–Crippen LogP) is 3.49. The van der Waals surface area contributed by atoms with E-state index in [1.807, 2.05) is 30.3 Å². The van der Waals surface area contributed by atoms with E-state index in [2.05, 4.69) is 16.3 Å². The summed E-state index contributed by atoms with van der Waals surface area (Å²) in [6.45, 7) is 2.22. The molecule has 1 aromatic heterocycles. The van der Waals surface area contributed by atoms with Gasteiger partial charge in [-0.25, -0.2) is 0 Å². The smallest absolute Gasteiger partial charge is 0.234 e. The largest absolute Gasteiger partial charge is 0.468 e. The molecule has 1 N–H and O–H groups in total. The van der Waals surface area contributed by atoms with Gasteiger partial charge in [0.15, 0.2) is 0 Å². The van der Waals surface area contributed by atoms with Gasteiger partial charge in [-0.2, -0.15) is 0 Å². The predicted molar refractivity (Wildman–Crippen MR) is 100 cm³/mol. The maximum Gasteiger partial charge on any atom is 0.234 e. The van der Waals surface area contributed by atoms with Crippen LogP contribution in [0, 0.1) is 0 Å². The first-order chi connectivity index (χ1) is 12.7. The number of ether oxygens (including phenoxy) is 1. The van der Waals surface area contributed by atoms with Gasteiger partial charge in [-0.05, 0) is 36.1 Å². The van der Waals surface area contributed by atoms with Gasteiger partial charge >= 0.3 is 0 Å². The molecule has 1 aromatic carbocycles. The van der Waals surface area contributed by atoms with E-state index in [1.165, 1.54) is 12.8 Å². The van der Waals surface area contributed by atoms with Gasteiger partial charge in [0.25, 0.3) is 0 Å². The normalized spacial score (nSPS) is 14.8. The highest BCUT2D eigenvalue weighted by Crippen LogP contribution is 2.24. The van der Waals surface area contributed by atoms with Crippen LogP contribution in [-0.2, 0) is 29.2 Å². The van der Waals surface area contributed by atoms with Crippen LogP contribution < -0.4 is 5.32 Å². The zero-order valence-corrected chi connectivity index (χ0v) is 15.4. The van der Waals surface area contributed by atoms with Crippen LogP contribution in [0.4, 0.5) is 0 Å². The van der Waals surface area contributed by atoms with E-state index in [4.69, 9.17) is 9.15 Å². The van der Waals surface area contributed by atoms with E-state index in [0.717, 1.165) is 29.7 Å². The van der Waals surface area contributed by atoms with Gasteiger partial charge in [-0.15, -0.1) is 0 Å². The lowest BCUT2D eigenvalue weighted by atomic mass is 10.1. The third kappa shape index (κ3) is 5.44. The van der Waals surface area contributed by atoms with Crippen LogP contribution in [0.15, 0.2) is 47.1 Å². The van der Waals surface area contributed by atoms with Crippen molar-refractivity contribution >= 4 is 5.91 Å². The van der Waals surface area contributed by atoms with Gasteiger partial charge in [-0.1, -0.05) is 37.1 Å². The monoisotopic (exact) mass is 356 g/mol. The number of nitrogens with zero attached hydrogens (tertiary/aromatic N) is 1. The van der Waals surface area contributed by atoms with Gasteiger partial charge in [-0.3, -0.25) is 9.69 Å². The number of hydrogen-bond donors (Lipinski definition) is 1. The number of carbonyl (C=O) groups excluding carboxylic acids is 1. The molecule has 0 bridgehead atoms. The van der Waals surface area contributed by atoms with E-state index < -0.39 is 0 Å². The van der Waals surface area contributed by atoms with Gasteiger partial charge in [0.05, 0.1) is 26.0 Å². The minimum absolute atomic E-state index is 0.0561. The highest BCUT2D eigenvalue weighted by Gasteiger charge is 2.25. The van der Waals surface area contributed by atoms with Crippen LogP contribution in [-0.4, -0.2) is 30.5 Å². The molecule has 0 saturated heterocycles. The van der Waals surface area contributed by atoms with Crippen LogP contribution in [0.5, 0.6) is 0 Å². The van der Waals surface area contributed by atoms with Gasteiger partial charge in [0, 0.05) is 19.7 Å². The van der Waals surface area contributed by atoms with Crippen LogP contribution >= 0.6 is 0 Å². The molecule has 5 nitrogen and oxygen atoms in total. The molecular weight excluding hydrogens is 328 g/mol. The van der Waals surface area contributed by atoms with Crippen molar-refractivity contribution in [1.29, 1.82) is 0 Å². The topological polar surface area (TPSA) is 54.7 Å². The Balaban J connectivity index is 1.54. The summed E-state index contributed by atoms with van der Waals surface area (Å²) in [5.41, 5.74) is 2.20. The maximum absolute atomic E-state index is 12.5. The van der Waals surface area contributed by atoms with Crippen molar-refractivity contribution < 1.29 is 13.9 Å². The molecule has 26 heavy (non-hydrogen) atoms. The summed E-state index contributed by atoms with van der Waals surface area (Å²) in [6.07, 6.45) is 6.50. The minimum atomic E-state index is 0.0561. The van der Waals surface area contributed by atoms with Crippen molar-refractivity contribution in [1.82, 2.24) is 10.2 Å². The second-order valence-corrected chi connectivity index (χ2v) is 6.95. The Labute approximate surface area is 155 Å². The number of benzene rings is 1. The first-order valence-electron chi connectivity index (χ1n) is 9.34. The first kappa shape index (κ1) is 18.7. The average Bonchev–Trinajstić information content (AvgIpc) is 3.34. The van der Waals surface area contributed by atoms with Crippen LogP contribution in [0.25, 0.3) is 0 Å². The number of amides is 1.